The Morgan fingerprint density at radius 3 is 2.11 bits per heavy atom. The Labute approximate surface area is 216 Å². The molecule has 2 heterocycles. The number of rotatable bonds is 4. The minimum atomic E-state index is -6.26. The zero-order chi connectivity index (χ0) is 27.3. The van der Waals surface area contributed by atoms with Gasteiger partial charge in [0.1, 0.15) is 0 Å². The molecular weight excluding hydrogens is 571 g/mol. The second-order valence-corrected chi connectivity index (χ2v) is 9.47. The van der Waals surface area contributed by atoms with E-state index in [1.807, 2.05) is 0 Å². The molecule has 0 unspecified atom stereocenters. The minimum absolute atomic E-state index is 0.0998. The minimum Gasteiger partial charge on any atom is -0.468 e. The average Bonchev–Trinajstić information content (AvgIpc) is 3.20. The Balaban J connectivity index is 2.13. The van der Waals surface area contributed by atoms with E-state index in [4.69, 9.17) is 9.47 Å². The molecule has 0 bridgehead atoms. The van der Waals surface area contributed by atoms with E-state index >= 15 is 8.78 Å². The molecule has 0 radical (unpaired) electrons. The predicted molar refractivity (Wildman–Crippen MR) is 121 cm³/mol. The molecule has 37 heavy (non-hydrogen) atoms. The highest BCUT2D eigenvalue weighted by molar-refractivity contribution is 9.10. The number of amides is 1. The van der Waals surface area contributed by atoms with Crippen molar-refractivity contribution in [3.05, 3.63) is 69.7 Å². The van der Waals surface area contributed by atoms with E-state index in [-0.39, 0.29) is 29.1 Å². The van der Waals surface area contributed by atoms with Crippen LogP contribution >= 0.6 is 15.9 Å². The number of benzene rings is 2. The molecule has 0 spiro atoms. The van der Waals surface area contributed by atoms with Gasteiger partial charge in [-0.3, -0.25) is 19.4 Å². The van der Waals surface area contributed by atoms with E-state index in [9.17, 15) is 27.6 Å². The van der Waals surface area contributed by atoms with Gasteiger partial charge in [0.15, 0.2) is 6.04 Å². The molecule has 0 aromatic heterocycles. The lowest BCUT2D eigenvalue weighted by Crippen LogP contribution is -2.65. The van der Waals surface area contributed by atoms with Crippen LogP contribution in [0.15, 0.2) is 53.0 Å². The number of halogens is 6. The number of nitrogens with zero attached hydrogens (tertiary/aromatic N) is 2. The lowest BCUT2D eigenvalue weighted by molar-refractivity contribution is -0.310. The Morgan fingerprint density at radius 1 is 0.973 bits per heavy atom. The lowest BCUT2D eigenvalue weighted by Gasteiger charge is -2.39. The van der Waals surface area contributed by atoms with Crippen molar-refractivity contribution in [1.29, 1.82) is 0 Å². The number of alkyl halides is 5. The highest BCUT2D eigenvalue weighted by Crippen LogP contribution is 2.60. The molecule has 2 aliphatic heterocycles. The molecule has 7 nitrogen and oxygen atoms in total. The van der Waals surface area contributed by atoms with E-state index < -0.39 is 47.4 Å². The van der Waals surface area contributed by atoms with Crippen molar-refractivity contribution in [3.63, 3.8) is 0 Å². The number of ether oxygens (including phenoxy) is 2. The SMILES string of the molecule is COC(=O)C1(C(=O)OC)[C@@H]2c3cc(Br)ccc3CCN2N(C(=O)c2ccccc2)[C@@H]1C(F)(F)C(F)(F)F. The van der Waals surface area contributed by atoms with Crippen molar-refractivity contribution in [1.82, 2.24) is 10.0 Å². The zero-order valence-corrected chi connectivity index (χ0v) is 21.0. The van der Waals surface area contributed by atoms with Gasteiger partial charge in [0.25, 0.3) is 5.91 Å². The number of hydrazine groups is 1. The Morgan fingerprint density at radius 2 is 1.57 bits per heavy atom. The predicted octanol–water partition coefficient (Wildman–Crippen LogP) is 4.32. The van der Waals surface area contributed by atoms with Crippen LogP contribution in [-0.2, 0) is 25.5 Å². The molecule has 1 amide bonds. The number of esters is 2. The van der Waals surface area contributed by atoms with Gasteiger partial charge in [-0.15, -0.1) is 0 Å². The van der Waals surface area contributed by atoms with Crippen LogP contribution in [-0.4, -0.2) is 66.8 Å². The monoisotopic (exact) mass is 590 g/mol. The summed E-state index contributed by atoms with van der Waals surface area (Å²) in [6, 6.07) is 6.25. The van der Waals surface area contributed by atoms with Gasteiger partial charge in [-0.1, -0.05) is 40.2 Å². The molecule has 0 saturated carbocycles. The van der Waals surface area contributed by atoms with Crippen molar-refractivity contribution in [2.45, 2.75) is 30.6 Å². The molecular formula is C24H20BrF5N2O5. The Bertz CT molecular complexity index is 1220. The number of fused-ring (bicyclic) bond motifs is 3. The van der Waals surface area contributed by atoms with Crippen molar-refractivity contribution in [2.75, 3.05) is 20.8 Å². The summed E-state index contributed by atoms with van der Waals surface area (Å²) < 4.78 is 83.0. The summed E-state index contributed by atoms with van der Waals surface area (Å²) in [5, 5.41) is 1.10. The van der Waals surface area contributed by atoms with Crippen LogP contribution < -0.4 is 0 Å². The number of hydrogen-bond acceptors (Lipinski definition) is 6. The van der Waals surface area contributed by atoms with E-state index in [0.717, 1.165) is 19.2 Å². The molecule has 4 rings (SSSR count). The highest BCUT2D eigenvalue weighted by atomic mass is 79.9. The molecule has 198 valence electrons. The van der Waals surface area contributed by atoms with Gasteiger partial charge in [-0.05, 0) is 41.8 Å². The Kier molecular flexibility index (Phi) is 6.82. The molecule has 2 aromatic rings. The largest absolute Gasteiger partial charge is 0.468 e. The van der Waals surface area contributed by atoms with Gasteiger partial charge in [0.05, 0.1) is 20.3 Å². The van der Waals surface area contributed by atoms with Crippen molar-refractivity contribution in [2.24, 2.45) is 5.41 Å². The molecule has 0 aliphatic carbocycles. The van der Waals surface area contributed by atoms with Crippen molar-refractivity contribution >= 4 is 33.8 Å². The second-order valence-electron chi connectivity index (χ2n) is 8.55. The number of methoxy groups -OCH3 is 2. The molecule has 1 saturated heterocycles. The van der Waals surface area contributed by atoms with Crippen molar-refractivity contribution in [3.8, 4) is 0 Å². The quantitative estimate of drug-likeness (QED) is 0.300. The standard InChI is InChI=1S/C24H20BrF5N2O5/c1-36-20(34)22(21(35)37-2)17-16-12-15(25)9-8-13(16)10-11-31(17)32(18(33)14-6-4-3-5-7-14)19(22)23(26,27)24(28,29)30/h3-9,12,17,19H,10-11H2,1-2H3/t17-,19-/m0/s1. The van der Waals surface area contributed by atoms with Gasteiger partial charge in [-0.25, -0.2) is 5.01 Å². The summed E-state index contributed by atoms with van der Waals surface area (Å²) >= 11 is 3.24. The van der Waals surface area contributed by atoms with Crippen LogP contribution in [0.5, 0.6) is 0 Å². The lowest BCUT2D eigenvalue weighted by atomic mass is 9.68. The highest BCUT2D eigenvalue weighted by Gasteiger charge is 2.82. The first kappa shape index (κ1) is 27.0. The fraction of sp³-hybridized carbons (Fsp3) is 0.375. The van der Waals surface area contributed by atoms with E-state index in [1.54, 1.807) is 12.1 Å². The first-order valence-electron chi connectivity index (χ1n) is 10.9. The average molecular weight is 591 g/mol. The zero-order valence-electron chi connectivity index (χ0n) is 19.4. The Hall–Kier alpha value is -3.06. The molecule has 13 heteroatoms. The molecule has 0 N–H and O–H groups in total. The van der Waals surface area contributed by atoms with Crippen LogP contribution in [0, 0.1) is 5.41 Å². The van der Waals surface area contributed by atoms with Crippen molar-refractivity contribution < 1.29 is 45.8 Å². The summed E-state index contributed by atoms with van der Waals surface area (Å²) in [5.41, 5.74) is -2.94. The van der Waals surface area contributed by atoms with E-state index in [1.165, 1.54) is 36.4 Å². The molecule has 2 aromatic carbocycles. The maximum absolute atomic E-state index is 15.6. The summed E-state index contributed by atoms with van der Waals surface area (Å²) in [6.07, 6.45) is -6.13. The second kappa shape index (κ2) is 9.35. The molecule has 2 aliphatic rings. The number of carbonyl (C=O) groups excluding carboxylic acids is 3. The van der Waals surface area contributed by atoms with Crippen LogP contribution in [0.25, 0.3) is 0 Å². The van der Waals surface area contributed by atoms with Crippen LogP contribution in [0.2, 0.25) is 0 Å². The van der Waals surface area contributed by atoms with Gasteiger partial charge < -0.3 is 9.47 Å². The maximum atomic E-state index is 15.6. The van der Waals surface area contributed by atoms with E-state index in [2.05, 4.69) is 15.9 Å². The van der Waals surface area contributed by atoms with E-state index in [0.29, 0.717) is 10.0 Å². The van der Waals surface area contributed by atoms with Crippen LogP contribution in [0.4, 0.5) is 22.0 Å². The summed E-state index contributed by atoms with van der Waals surface area (Å²) in [6.45, 7) is -0.252. The fourth-order valence-electron chi connectivity index (χ4n) is 5.18. The summed E-state index contributed by atoms with van der Waals surface area (Å²) in [5.74, 6) is -10.4. The molecule has 2 atom stereocenters. The smallest absolute Gasteiger partial charge is 0.455 e. The van der Waals surface area contributed by atoms with Gasteiger partial charge in [0, 0.05) is 16.6 Å². The van der Waals surface area contributed by atoms with Crippen LogP contribution in [0.3, 0.4) is 0 Å². The normalized spacial score (nSPS) is 21.1. The van der Waals surface area contributed by atoms with Crippen LogP contribution in [0.1, 0.15) is 27.5 Å². The van der Waals surface area contributed by atoms with Gasteiger partial charge in [0.2, 0.25) is 5.41 Å². The summed E-state index contributed by atoms with van der Waals surface area (Å²) in [4.78, 5) is 40.4. The third kappa shape index (κ3) is 3.90. The summed E-state index contributed by atoms with van der Waals surface area (Å²) in [7, 11) is 1.51. The maximum Gasteiger partial charge on any atom is 0.455 e. The first-order chi connectivity index (χ1) is 17.3. The third-order valence-corrected chi connectivity index (χ3v) is 7.18. The van der Waals surface area contributed by atoms with Gasteiger partial charge >= 0.3 is 24.0 Å². The molecule has 1 fully saturated rings. The van der Waals surface area contributed by atoms with Gasteiger partial charge in [-0.2, -0.15) is 22.0 Å². The first-order valence-corrected chi connectivity index (χ1v) is 11.7. The number of carbonyl (C=O) groups is 3. The third-order valence-electron chi connectivity index (χ3n) is 6.69. The fourth-order valence-corrected chi connectivity index (χ4v) is 5.56. The topological polar surface area (TPSA) is 76.2 Å². The number of hydrogen-bond donors (Lipinski definition) is 0.